The number of nitrogens with one attached hydrogen (secondary N) is 2. The lowest BCUT2D eigenvalue weighted by atomic mass is 10.4. The van der Waals surface area contributed by atoms with E-state index in [4.69, 9.17) is 5.84 Å². The van der Waals surface area contributed by atoms with Gasteiger partial charge in [0.1, 0.15) is 0 Å². The van der Waals surface area contributed by atoms with Crippen molar-refractivity contribution in [1.82, 2.24) is 25.1 Å². The third-order valence-corrected chi connectivity index (χ3v) is 2.25. The molecule has 0 spiro atoms. The maximum atomic E-state index is 11.4. The van der Waals surface area contributed by atoms with Crippen LogP contribution in [0.2, 0.25) is 0 Å². The van der Waals surface area contributed by atoms with E-state index in [1.54, 1.807) is 25.4 Å². The number of rotatable bonds is 3. The zero-order valence-corrected chi connectivity index (χ0v) is 10.0. The van der Waals surface area contributed by atoms with Crippen molar-refractivity contribution >= 4 is 11.9 Å². The lowest BCUT2D eigenvalue weighted by Crippen LogP contribution is -2.18. The molecule has 1 amide bonds. The Morgan fingerprint density at radius 3 is 2.89 bits per heavy atom. The molecule has 0 aliphatic rings. The number of nitrogen functional groups attached to an aromatic ring is 1. The molecule has 4 N–H and O–H groups in total. The lowest BCUT2D eigenvalue weighted by molar-refractivity contribution is 0.0957. The fourth-order valence-corrected chi connectivity index (χ4v) is 1.43. The highest BCUT2D eigenvalue weighted by Crippen LogP contribution is 2.09. The summed E-state index contributed by atoms with van der Waals surface area (Å²) in [5.74, 6) is 5.85. The van der Waals surface area contributed by atoms with Crippen molar-refractivity contribution < 1.29 is 4.79 Å². The van der Waals surface area contributed by atoms with Crippen LogP contribution in [-0.4, -0.2) is 32.7 Å². The summed E-state index contributed by atoms with van der Waals surface area (Å²) in [6, 6.07) is 3.34. The smallest absolute Gasteiger partial charge is 0.271 e. The van der Waals surface area contributed by atoms with Crippen molar-refractivity contribution in [2.75, 3.05) is 12.5 Å². The number of carbonyl (C=O) groups is 1. The number of amides is 1. The average molecular weight is 247 g/mol. The molecule has 8 heteroatoms. The molecule has 0 radical (unpaired) electrons. The SMILES string of the molecule is CNC(=O)c1ccn(-c2cc(C)nc(NN)n2)n1. The monoisotopic (exact) mass is 247 g/mol. The third-order valence-electron chi connectivity index (χ3n) is 2.25. The molecule has 0 saturated carbocycles. The van der Waals surface area contributed by atoms with Crippen molar-refractivity contribution in [2.24, 2.45) is 5.84 Å². The molecule has 0 fully saturated rings. The summed E-state index contributed by atoms with van der Waals surface area (Å²) < 4.78 is 1.49. The molecule has 2 aromatic rings. The third kappa shape index (κ3) is 2.28. The zero-order chi connectivity index (χ0) is 13.1. The fourth-order valence-electron chi connectivity index (χ4n) is 1.43. The van der Waals surface area contributed by atoms with Gasteiger partial charge in [-0.05, 0) is 13.0 Å². The molecular formula is C10H13N7O. The van der Waals surface area contributed by atoms with Gasteiger partial charge in [-0.2, -0.15) is 10.1 Å². The van der Waals surface area contributed by atoms with E-state index in [1.165, 1.54) is 4.68 Å². The number of nitrogens with zero attached hydrogens (tertiary/aromatic N) is 4. The van der Waals surface area contributed by atoms with Gasteiger partial charge >= 0.3 is 0 Å². The summed E-state index contributed by atoms with van der Waals surface area (Å²) in [5.41, 5.74) is 3.43. The molecule has 0 aliphatic carbocycles. The molecule has 94 valence electrons. The Kier molecular flexibility index (Phi) is 3.20. The van der Waals surface area contributed by atoms with Crippen molar-refractivity contribution in [3.05, 3.63) is 29.7 Å². The first-order valence-electron chi connectivity index (χ1n) is 5.24. The first kappa shape index (κ1) is 12.0. The Labute approximate surface area is 103 Å². The van der Waals surface area contributed by atoms with Gasteiger partial charge in [0.05, 0.1) is 0 Å². The van der Waals surface area contributed by atoms with Crippen molar-refractivity contribution in [3.8, 4) is 5.82 Å². The average Bonchev–Trinajstić information content (AvgIpc) is 2.86. The molecule has 0 aliphatic heterocycles. The summed E-state index contributed by atoms with van der Waals surface area (Å²) in [6.07, 6.45) is 1.65. The highest BCUT2D eigenvalue weighted by atomic mass is 16.1. The van der Waals surface area contributed by atoms with E-state index < -0.39 is 0 Å². The minimum atomic E-state index is -0.253. The number of hydrazine groups is 1. The van der Waals surface area contributed by atoms with Crippen LogP contribution in [0.1, 0.15) is 16.2 Å². The van der Waals surface area contributed by atoms with Gasteiger partial charge in [0.25, 0.3) is 5.91 Å². The van der Waals surface area contributed by atoms with E-state index in [2.05, 4.69) is 25.8 Å². The molecule has 0 atom stereocenters. The highest BCUT2D eigenvalue weighted by molar-refractivity contribution is 5.91. The zero-order valence-electron chi connectivity index (χ0n) is 10.0. The van der Waals surface area contributed by atoms with Crippen LogP contribution in [0.15, 0.2) is 18.3 Å². The van der Waals surface area contributed by atoms with E-state index >= 15 is 0 Å². The predicted molar refractivity (Wildman–Crippen MR) is 65.1 cm³/mol. The quantitative estimate of drug-likeness (QED) is 0.503. The Bertz CT molecular complexity index is 577. The van der Waals surface area contributed by atoms with E-state index in [9.17, 15) is 4.79 Å². The van der Waals surface area contributed by atoms with Crippen LogP contribution in [0.3, 0.4) is 0 Å². The number of nitrogens with two attached hydrogens (primary N) is 1. The molecule has 0 saturated heterocycles. The maximum absolute atomic E-state index is 11.4. The Morgan fingerprint density at radius 2 is 2.22 bits per heavy atom. The van der Waals surface area contributed by atoms with Gasteiger partial charge in [0.15, 0.2) is 11.5 Å². The minimum absolute atomic E-state index is 0.253. The molecule has 18 heavy (non-hydrogen) atoms. The second-order valence-electron chi connectivity index (χ2n) is 3.56. The minimum Gasteiger partial charge on any atom is -0.354 e. The van der Waals surface area contributed by atoms with Gasteiger partial charge in [-0.25, -0.2) is 15.5 Å². The van der Waals surface area contributed by atoms with Crippen molar-refractivity contribution in [1.29, 1.82) is 0 Å². The van der Waals surface area contributed by atoms with Gasteiger partial charge < -0.3 is 5.32 Å². The van der Waals surface area contributed by atoms with Gasteiger partial charge in [-0.15, -0.1) is 0 Å². The number of hydrogen-bond donors (Lipinski definition) is 3. The number of anilines is 1. The normalized spacial score (nSPS) is 10.2. The Hall–Kier alpha value is -2.48. The predicted octanol–water partition coefficient (Wildman–Crippen LogP) is -0.384. The standard InChI is InChI=1S/C10H13N7O/c1-6-5-8(14-10(13-6)15-11)17-4-3-7(16-17)9(18)12-2/h3-5H,11H2,1-2H3,(H,12,18)(H,13,14,15). The van der Waals surface area contributed by atoms with Gasteiger partial charge in [-0.1, -0.05) is 0 Å². The van der Waals surface area contributed by atoms with Crippen LogP contribution < -0.4 is 16.6 Å². The summed E-state index contributed by atoms with van der Waals surface area (Å²) in [7, 11) is 1.55. The largest absolute Gasteiger partial charge is 0.354 e. The van der Waals surface area contributed by atoms with Crippen LogP contribution in [-0.2, 0) is 0 Å². The molecule has 2 aromatic heterocycles. The van der Waals surface area contributed by atoms with Crippen LogP contribution >= 0.6 is 0 Å². The number of aryl methyl sites for hydroxylation is 1. The van der Waals surface area contributed by atoms with Crippen LogP contribution in [0.5, 0.6) is 0 Å². The number of carbonyl (C=O) groups excluding carboxylic acids is 1. The van der Waals surface area contributed by atoms with E-state index in [0.717, 1.165) is 5.69 Å². The van der Waals surface area contributed by atoms with Crippen LogP contribution in [0.4, 0.5) is 5.95 Å². The fraction of sp³-hybridized carbons (Fsp3) is 0.200. The van der Waals surface area contributed by atoms with Gasteiger partial charge in [0.2, 0.25) is 5.95 Å². The van der Waals surface area contributed by atoms with Crippen molar-refractivity contribution in [3.63, 3.8) is 0 Å². The highest BCUT2D eigenvalue weighted by Gasteiger charge is 2.09. The number of hydrogen-bond acceptors (Lipinski definition) is 6. The van der Waals surface area contributed by atoms with Crippen molar-refractivity contribution in [2.45, 2.75) is 6.92 Å². The number of aromatic nitrogens is 4. The van der Waals surface area contributed by atoms with E-state index in [1.807, 2.05) is 6.92 Å². The van der Waals surface area contributed by atoms with E-state index in [-0.39, 0.29) is 5.91 Å². The second-order valence-corrected chi connectivity index (χ2v) is 3.56. The summed E-state index contributed by atoms with van der Waals surface area (Å²) in [5, 5.41) is 6.61. The lowest BCUT2D eigenvalue weighted by Gasteiger charge is -2.04. The van der Waals surface area contributed by atoms with Gasteiger partial charge in [0, 0.05) is 25.0 Å². The first-order valence-corrected chi connectivity index (χ1v) is 5.24. The maximum Gasteiger partial charge on any atom is 0.271 e. The molecule has 0 unspecified atom stereocenters. The molecule has 2 rings (SSSR count). The molecular weight excluding hydrogens is 234 g/mol. The second kappa shape index (κ2) is 4.80. The summed E-state index contributed by atoms with van der Waals surface area (Å²) in [6.45, 7) is 1.81. The molecule has 0 bridgehead atoms. The summed E-state index contributed by atoms with van der Waals surface area (Å²) in [4.78, 5) is 19.6. The molecule has 8 nitrogen and oxygen atoms in total. The van der Waals surface area contributed by atoms with Crippen LogP contribution in [0, 0.1) is 6.92 Å². The van der Waals surface area contributed by atoms with Crippen LogP contribution in [0.25, 0.3) is 5.82 Å². The Morgan fingerprint density at radius 1 is 1.44 bits per heavy atom. The summed E-state index contributed by atoms with van der Waals surface area (Å²) >= 11 is 0. The molecule has 0 aromatic carbocycles. The molecule has 2 heterocycles. The van der Waals surface area contributed by atoms with E-state index in [0.29, 0.717) is 17.5 Å². The topological polar surface area (TPSA) is 111 Å². The van der Waals surface area contributed by atoms with Gasteiger partial charge in [-0.3, -0.25) is 10.2 Å². The first-order chi connectivity index (χ1) is 8.63. The Balaban J connectivity index is 2.39.